The summed E-state index contributed by atoms with van der Waals surface area (Å²) in [4.78, 5) is 13.6. The lowest BCUT2D eigenvalue weighted by atomic mass is 9.90. The first-order valence-electron chi connectivity index (χ1n) is 6.39. The maximum Gasteiger partial charge on any atom is 0.329 e. The second-order valence-electron chi connectivity index (χ2n) is 5.02. The molecule has 1 aromatic carbocycles. The quantitative estimate of drug-likeness (QED) is 0.816. The van der Waals surface area contributed by atoms with E-state index in [1.807, 2.05) is 18.2 Å². The van der Waals surface area contributed by atoms with Gasteiger partial charge in [-0.25, -0.2) is 4.79 Å². The van der Waals surface area contributed by atoms with Gasteiger partial charge in [0, 0.05) is 26.7 Å². The zero-order valence-corrected chi connectivity index (χ0v) is 11.1. The molecule has 104 valence electrons. The Bertz CT molecular complexity index is 438. The van der Waals surface area contributed by atoms with Crippen molar-refractivity contribution in [2.75, 3.05) is 26.7 Å². The van der Waals surface area contributed by atoms with Crippen LogP contribution in [0, 0.1) is 0 Å². The number of carboxylic acid groups (broad SMARTS) is 1. The minimum absolute atomic E-state index is 0.175. The van der Waals surface area contributed by atoms with E-state index in [4.69, 9.17) is 10.5 Å². The van der Waals surface area contributed by atoms with Crippen molar-refractivity contribution in [3.05, 3.63) is 35.9 Å². The van der Waals surface area contributed by atoms with Crippen molar-refractivity contribution in [3.8, 4) is 0 Å². The van der Waals surface area contributed by atoms with Gasteiger partial charge in [-0.05, 0) is 12.0 Å². The summed E-state index contributed by atoms with van der Waals surface area (Å²) >= 11 is 0. The number of likely N-dealkylation sites (tertiary alicyclic amines) is 1. The predicted molar refractivity (Wildman–Crippen MR) is 71.8 cm³/mol. The molecule has 0 aromatic heterocycles. The van der Waals surface area contributed by atoms with E-state index in [0.29, 0.717) is 12.1 Å². The van der Waals surface area contributed by atoms with Gasteiger partial charge in [0.05, 0.1) is 6.10 Å². The summed E-state index contributed by atoms with van der Waals surface area (Å²) < 4.78 is 5.29. The molecule has 0 saturated carbocycles. The summed E-state index contributed by atoms with van der Waals surface area (Å²) in [6, 6.07) is 8.99. The standard InChI is InChI=1S/C14H20N2O3/c1-19-12-7-8-16(9-12)10-14(15,13(17)18)11-5-3-2-4-6-11/h2-6,12H,7-10,15H2,1H3,(H,17,18). The van der Waals surface area contributed by atoms with Gasteiger partial charge in [0.25, 0.3) is 0 Å². The molecule has 3 N–H and O–H groups in total. The van der Waals surface area contributed by atoms with E-state index in [1.165, 1.54) is 0 Å². The molecule has 1 heterocycles. The molecule has 0 radical (unpaired) electrons. The van der Waals surface area contributed by atoms with Crippen LogP contribution >= 0.6 is 0 Å². The maximum absolute atomic E-state index is 11.6. The Morgan fingerprint density at radius 3 is 2.74 bits per heavy atom. The Balaban J connectivity index is 2.15. The molecule has 2 rings (SSSR count). The summed E-state index contributed by atoms with van der Waals surface area (Å²) in [5.41, 5.74) is 5.40. The summed E-state index contributed by atoms with van der Waals surface area (Å²) in [5, 5.41) is 9.49. The SMILES string of the molecule is COC1CCN(CC(N)(C(=O)O)c2ccccc2)C1. The first kappa shape index (κ1) is 14.0. The second-order valence-corrected chi connectivity index (χ2v) is 5.02. The Labute approximate surface area is 113 Å². The Morgan fingerprint density at radius 1 is 1.53 bits per heavy atom. The number of hydrogen-bond acceptors (Lipinski definition) is 4. The molecule has 1 aliphatic heterocycles. The van der Waals surface area contributed by atoms with Gasteiger partial charge in [0.2, 0.25) is 0 Å². The summed E-state index contributed by atoms with van der Waals surface area (Å²) in [5.74, 6) is -1.00. The molecular formula is C14H20N2O3. The van der Waals surface area contributed by atoms with E-state index >= 15 is 0 Å². The van der Waals surface area contributed by atoms with Gasteiger partial charge < -0.3 is 15.6 Å². The molecule has 0 bridgehead atoms. The summed E-state index contributed by atoms with van der Waals surface area (Å²) in [6.07, 6.45) is 1.09. The van der Waals surface area contributed by atoms with Crippen LogP contribution in [0.1, 0.15) is 12.0 Å². The Kier molecular flexibility index (Phi) is 4.19. The fraction of sp³-hybridized carbons (Fsp3) is 0.500. The van der Waals surface area contributed by atoms with E-state index in [1.54, 1.807) is 19.2 Å². The maximum atomic E-state index is 11.6. The molecule has 19 heavy (non-hydrogen) atoms. The number of carboxylic acids is 1. The number of methoxy groups -OCH3 is 1. The van der Waals surface area contributed by atoms with Crippen LogP contribution in [0.4, 0.5) is 0 Å². The highest BCUT2D eigenvalue weighted by molar-refractivity contribution is 5.80. The first-order chi connectivity index (χ1) is 9.06. The largest absolute Gasteiger partial charge is 0.480 e. The van der Waals surface area contributed by atoms with Gasteiger partial charge in [-0.15, -0.1) is 0 Å². The zero-order valence-electron chi connectivity index (χ0n) is 11.1. The van der Waals surface area contributed by atoms with Gasteiger partial charge in [-0.3, -0.25) is 4.90 Å². The lowest BCUT2D eigenvalue weighted by Crippen LogP contribution is -2.53. The van der Waals surface area contributed by atoms with Gasteiger partial charge in [0.15, 0.2) is 5.54 Å². The number of nitrogens with zero attached hydrogens (tertiary/aromatic N) is 1. The molecule has 1 saturated heterocycles. The summed E-state index contributed by atoms with van der Waals surface area (Å²) in [7, 11) is 1.68. The molecule has 1 fully saturated rings. The van der Waals surface area contributed by atoms with Gasteiger partial charge >= 0.3 is 5.97 Å². The third-order valence-corrected chi connectivity index (χ3v) is 3.71. The number of aliphatic carboxylic acids is 1. The lowest BCUT2D eigenvalue weighted by Gasteiger charge is -2.30. The van der Waals surface area contributed by atoms with Crippen molar-refractivity contribution in [1.82, 2.24) is 4.90 Å². The topological polar surface area (TPSA) is 75.8 Å². The van der Waals surface area contributed by atoms with E-state index in [-0.39, 0.29) is 6.10 Å². The highest BCUT2D eigenvalue weighted by atomic mass is 16.5. The Morgan fingerprint density at radius 2 is 2.21 bits per heavy atom. The molecule has 2 unspecified atom stereocenters. The number of rotatable bonds is 5. The number of carbonyl (C=O) groups is 1. The number of benzene rings is 1. The van der Waals surface area contributed by atoms with Crippen molar-refractivity contribution < 1.29 is 14.6 Å². The van der Waals surface area contributed by atoms with Gasteiger partial charge in [0.1, 0.15) is 0 Å². The average Bonchev–Trinajstić information content (AvgIpc) is 2.87. The minimum Gasteiger partial charge on any atom is -0.480 e. The monoisotopic (exact) mass is 264 g/mol. The smallest absolute Gasteiger partial charge is 0.329 e. The molecular weight excluding hydrogens is 244 g/mol. The van der Waals surface area contributed by atoms with E-state index < -0.39 is 11.5 Å². The molecule has 0 aliphatic carbocycles. The predicted octanol–water partition coefficient (Wildman–Crippen LogP) is 0.646. The summed E-state index contributed by atoms with van der Waals surface area (Å²) in [6.45, 7) is 1.85. The third kappa shape index (κ3) is 2.94. The van der Waals surface area contributed by atoms with Crippen LogP contribution in [0.3, 0.4) is 0 Å². The third-order valence-electron chi connectivity index (χ3n) is 3.71. The molecule has 1 aromatic rings. The fourth-order valence-electron chi connectivity index (χ4n) is 2.50. The number of hydrogen-bond donors (Lipinski definition) is 2. The van der Waals surface area contributed by atoms with Crippen LogP contribution in [0.25, 0.3) is 0 Å². The van der Waals surface area contributed by atoms with Crippen molar-refractivity contribution in [2.45, 2.75) is 18.1 Å². The normalized spacial score (nSPS) is 23.2. The van der Waals surface area contributed by atoms with Crippen molar-refractivity contribution >= 4 is 5.97 Å². The van der Waals surface area contributed by atoms with Crippen molar-refractivity contribution in [2.24, 2.45) is 5.73 Å². The first-order valence-corrected chi connectivity index (χ1v) is 6.39. The van der Waals surface area contributed by atoms with Gasteiger partial charge in [-0.1, -0.05) is 30.3 Å². The Hall–Kier alpha value is -1.43. The molecule has 5 nitrogen and oxygen atoms in total. The highest BCUT2D eigenvalue weighted by Crippen LogP contribution is 2.23. The highest BCUT2D eigenvalue weighted by Gasteiger charge is 2.39. The van der Waals surface area contributed by atoms with E-state index in [9.17, 15) is 9.90 Å². The van der Waals surface area contributed by atoms with E-state index in [2.05, 4.69) is 4.90 Å². The lowest BCUT2D eigenvalue weighted by molar-refractivity contribution is -0.144. The van der Waals surface area contributed by atoms with Gasteiger partial charge in [-0.2, -0.15) is 0 Å². The number of ether oxygens (including phenoxy) is 1. The molecule has 1 aliphatic rings. The van der Waals surface area contributed by atoms with Crippen LogP contribution < -0.4 is 5.73 Å². The zero-order chi connectivity index (χ0) is 13.9. The minimum atomic E-state index is -1.37. The van der Waals surface area contributed by atoms with Crippen LogP contribution in [0.5, 0.6) is 0 Å². The van der Waals surface area contributed by atoms with E-state index in [0.717, 1.165) is 19.5 Å². The van der Waals surface area contributed by atoms with Crippen LogP contribution in [0.2, 0.25) is 0 Å². The fourth-order valence-corrected chi connectivity index (χ4v) is 2.50. The van der Waals surface area contributed by atoms with Crippen LogP contribution in [-0.2, 0) is 15.1 Å². The van der Waals surface area contributed by atoms with Crippen molar-refractivity contribution in [3.63, 3.8) is 0 Å². The molecule has 5 heteroatoms. The van der Waals surface area contributed by atoms with Crippen molar-refractivity contribution in [1.29, 1.82) is 0 Å². The molecule has 2 atom stereocenters. The molecule has 0 spiro atoms. The number of nitrogens with two attached hydrogens (primary N) is 1. The second kappa shape index (κ2) is 5.69. The van der Waals surface area contributed by atoms with Crippen LogP contribution in [-0.4, -0.2) is 48.8 Å². The van der Waals surface area contributed by atoms with Crippen LogP contribution in [0.15, 0.2) is 30.3 Å². The molecule has 0 amide bonds. The average molecular weight is 264 g/mol.